The van der Waals surface area contributed by atoms with Gasteiger partial charge in [0.2, 0.25) is 5.91 Å². The first-order chi connectivity index (χ1) is 12.0. The molecule has 132 valence electrons. The highest BCUT2D eigenvalue weighted by molar-refractivity contribution is 5.83. The largest absolute Gasteiger partial charge is 0.327 e. The number of hydrogen-bond donors (Lipinski definition) is 1. The molecular weight excluding hydrogens is 322 g/mol. The van der Waals surface area contributed by atoms with Gasteiger partial charge in [0, 0.05) is 12.5 Å². The fourth-order valence-corrected chi connectivity index (χ4v) is 3.32. The molecule has 1 aliphatic heterocycles. The van der Waals surface area contributed by atoms with Gasteiger partial charge in [-0.15, -0.1) is 0 Å². The maximum atomic E-state index is 14.3. The molecule has 0 saturated carbocycles. The zero-order chi connectivity index (χ0) is 18.0. The summed E-state index contributed by atoms with van der Waals surface area (Å²) < 4.78 is 27.9. The van der Waals surface area contributed by atoms with Crippen molar-refractivity contribution < 1.29 is 13.6 Å². The van der Waals surface area contributed by atoms with Crippen molar-refractivity contribution in [1.82, 2.24) is 4.90 Å². The molecule has 25 heavy (non-hydrogen) atoms. The number of nitrogens with two attached hydrogens (primary N) is 1. The van der Waals surface area contributed by atoms with Crippen molar-refractivity contribution in [2.24, 2.45) is 11.7 Å². The van der Waals surface area contributed by atoms with Gasteiger partial charge in [0.15, 0.2) is 0 Å². The molecule has 1 aromatic rings. The third-order valence-electron chi connectivity index (χ3n) is 4.79. The molecular formula is C20H22F2N2O. The predicted molar refractivity (Wildman–Crippen MR) is 94.0 cm³/mol. The van der Waals surface area contributed by atoms with E-state index in [1.807, 2.05) is 43.3 Å². The Hall–Kier alpha value is -2.27. The van der Waals surface area contributed by atoms with E-state index in [1.54, 1.807) is 4.90 Å². The first-order valence-electron chi connectivity index (χ1n) is 8.52. The standard InChI is InChI=1S/C20H22F2N2O/c1-2-18(23)20(25)24-12-14(16-11-15(21)8-9-17(16)22)10-19(24)13-6-4-3-5-7-13/h3-11,16-19H,2,12,23H2,1H3/t16?,17?,18-,19?/m0/s1. The van der Waals surface area contributed by atoms with Gasteiger partial charge in [-0.05, 0) is 35.8 Å². The first-order valence-corrected chi connectivity index (χ1v) is 8.52. The molecule has 4 atom stereocenters. The van der Waals surface area contributed by atoms with E-state index in [1.165, 1.54) is 12.2 Å². The molecule has 2 N–H and O–H groups in total. The highest BCUT2D eigenvalue weighted by atomic mass is 19.1. The Morgan fingerprint density at radius 1 is 1.32 bits per heavy atom. The van der Waals surface area contributed by atoms with E-state index in [9.17, 15) is 13.6 Å². The van der Waals surface area contributed by atoms with Crippen LogP contribution in [0, 0.1) is 5.92 Å². The normalized spacial score (nSPS) is 27.0. The molecule has 1 aromatic carbocycles. The number of carbonyl (C=O) groups is 1. The summed E-state index contributed by atoms with van der Waals surface area (Å²) in [4.78, 5) is 14.4. The summed E-state index contributed by atoms with van der Waals surface area (Å²) in [5.41, 5.74) is 7.58. The number of rotatable bonds is 4. The third-order valence-corrected chi connectivity index (χ3v) is 4.79. The summed E-state index contributed by atoms with van der Waals surface area (Å²) in [6.45, 7) is 2.11. The Bertz CT molecular complexity index is 726. The second kappa shape index (κ2) is 7.31. The van der Waals surface area contributed by atoms with E-state index in [2.05, 4.69) is 0 Å². The number of allylic oxidation sites excluding steroid dienone is 4. The molecule has 5 heteroatoms. The van der Waals surface area contributed by atoms with Gasteiger partial charge < -0.3 is 10.6 Å². The van der Waals surface area contributed by atoms with E-state index < -0.39 is 24.0 Å². The second-order valence-electron chi connectivity index (χ2n) is 6.46. The molecule has 3 rings (SSSR count). The topological polar surface area (TPSA) is 46.3 Å². The summed E-state index contributed by atoms with van der Waals surface area (Å²) in [5.74, 6) is -1.31. The Labute approximate surface area is 146 Å². The zero-order valence-electron chi connectivity index (χ0n) is 14.1. The van der Waals surface area contributed by atoms with Crippen molar-refractivity contribution in [3.8, 4) is 0 Å². The number of benzene rings is 1. The molecule has 3 unspecified atom stereocenters. The van der Waals surface area contributed by atoms with Gasteiger partial charge in [0.25, 0.3) is 0 Å². The summed E-state index contributed by atoms with van der Waals surface area (Å²) in [7, 11) is 0. The van der Waals surface area contributed by atoms with Crippen LogP contribution >= 0.6 is 0 Å². The predicted octanol–water partition coefficient (Wildman–Crippen LogP) is 3.61. The molecule has 0 aromatic heterocycles. The number of alkyl halides is 1. The lowest BCUT2D eigenvalue weighted by molar-refractivity contribution is -0.133. The molecule has 1 heterocycles. The van der Waals surface area contributed by atoms with Gasteiger partial charge >= 0.3 is 0 Å². The van der Waals surface area contributed by atoms with Gasteiger partial charge in [-0.3, -0.25) is 4.79 Å². The number of nitrogens with zero attached hydrogens (tertiary/aromatic N) is 1. The van der Waals surface area contributed by atoms with Crippen LogP contribution < -0.4 is 5.73 Å². The van der Waals surface area contributed by atoms with E-state index in [0.29, 0.717) is 12.0 Å². The quantitative estimate of drug-likeness (QED) is 0.848. The zero-order valence-corrected chi connectivity index (χ0v) is 14.1. The Kier molecular flexibility index (Phi) is 5.13. The summed E-state index contributed by atoms with van der Waals surface area (Å²) in [6.07, 6.45) is 4.75. The maximum Gasteiger partial charge on any atom is 0.240 e. The number of amides is 1. The highest BCUT2D eigenvalue weighted by Gasteiger charge is 2.36. The Morgan fingerprint density at radius 3 is 2.72 bits per heavy atom. The minimum absolute atomic E-state index is 0.172. The summed E-state index contributed by atoms with van der Waals surface area (Å²) in [5, 5.41) is 0. The fourth-order valence-electron chi connectivity index (χ4n) is 3.32. The monoisotopic (exact) mass is 344 g/mol. The number of carbonyl (C=O) groups excluding carboxylic acids is 1. The fraction of sp³-hybridized carbons (Fsp3) is 0.350. The van der Waals surface area contributed by atoms with Gasteiger partial charge in [-0.25, -0.2) is 8.78 Å². The van der Waals surface area contributed by atoms with Gasteiger partial charge in [-0.1, -0.05) is 43.3 Å². The van der Waals surface area contributed by atoms with Crippen LogP contribution in [0.5, 0.6) is 0 Å². The van der Waals surface area contributed by atoms with Crippen LogP contribution in [0.2, 0.25) is 0 Å². The minimum atomic E-state index is -1.29. The minimum Gasteiger partial charge on any atom is -0.327 e. The van der Waals surface area contributed by atoms with Crippen LogP contribution in [-0.2, 0) is 4.79 Å². The average Bonchev–Trinajstić information content (AvgIpc) is 3.08. The van der Waals surface area contributed by atoms with Crippen molar-refractivity contribution in [1.29, 1.82) is 0 Å². The molecule has 3 nitrogen and oxygen atoms in total. The second-order valence-corrected chi connectivity index (χ2v) is 6.46. The molecule has 0 saturated heterocycles. The number of halogens is 2. The van der Waals surface area contributed by atoms with Crippen LogP contribution in [0.15, 0.2) is 66.0 Å². The lowest BCUT2D eigenvalue weighted by Gasteiger charge is -2.28. The lowest BCUT2D eigenvalue weighted by Crippen LogP contribution is -2.43. The van der Waals surface area contributed by atoms with Gasteiger partial charge in [0.1, 0.15) is 12.0 Å². The molecule has 0 bridgehead atoms. The lowest BCUT2D eigenvalue weighted by atomic mass is 9.90. The van der Waals surface area contributed by atoms with Crippen LogP contribution in [-0.4, -0.2) is 29.6 Å². The van der Waals surface area contributed by atoms with Crippen molar-refractivity contribution in [3.05, 3.63) is 71.6 Å². The Morgan fingerprint density at radius 2 is 2.04 bits per heavy atom. The van der Waals surface area contributed by atoms with Crippen molar-refractivity contribution >= 4 is 5.91 Å². The van der Waals surface area contributed by atoms with Gasteiger partial charge in [0.05, 0.1) is 12.1 Å². The van der Waals surface area contributed by atoms with Crippen LogP contribution in [0.4, 0.5) is 8.78 Å². The van der Waals surface area contributed by atoms with Crippen molar-refractivity contribution in [3.63, 3.8) is 0 Å². The van der Waals surface area contributed by atoms with E-state index in [4.69, 9.17) is 5.73 Å². The van der Waals surface area contributed by atoms with E-state index in [-0.39, 0.29) is 18.5 Å². The first kappa shape index (κ1) is 17.5. The SMILES string of the molecule is CC[C@H](N)C(=O)N1CC(C2C=C(F)C=CC2F)=CC1c1ccccc1. The smallest absolute Gasteiger partial charge is 0.240 e. The highest BCUT2D eigenvalue weighted by Crippen LogP contribution is 2.37. The summed E-state index contributed by atoms with van der Waals surface area (Å²) in [6, 6.07) is 8.62. The van der Waals surface area contributed by atoms with Crippen molar-refractivity contribution in [2.75, 3.05) is 6.54 Å². The van der Waals surface area contributed by atoms with E-state index in [0.717, 1.165) is 11.6 Å². The molecule has 0 spiro atoms. The third kappa shape index (κ3) is 3.56. The molecule has 0 radical (unpaired) electrons. The van der Waals surface area contributed by atoms with Gasteiger partial charge in [-0.2, -0.15) is 0 Å². The Balaban J connectivity index is 1.94. The maximum absolute atomic E-state index is 14.3. The van der Waals surface area contributed by atoms with Crippen LogP contribution in [0.25, 0.3) is 0 Å². The van der Waals surface area contributed by atoms with E-state index >= 15 is 0 Å². The molecule has 2 aliphatic rings. The molecule has 1 amide bonds. The number of hydrogen-bond acceptors (Lipinski definition) is 2. The molecule has 0 fully saturated rings. The molecule has 1 aliphatic carbocycles. The average molecular weight is 344 g/mol. The van der Waals surface area contributed by atoms with Crippen LogP contribution in [0.1, 0.15) is 24.9 Å². The van der Waals surface area contributed by atoms with Crippen LogP contribution in [0.3, 0.4) is 0 Å². The summed E-state index contributed by atoms with van der Waals surface area (Å²) >= 11 is 0. The van der Waals surface area contributed by atoms with Crippen molar-refractivity contribution in [2.45, 2.75) is 31.6 Å².